The molecular formula is C40H38N2. The molecule has 0 N–H and O–H groups in total. The Morgan fingerprint density at radius 2 is 1.33 bits per heavy atom. The third-order valence-electron chi connectivity index (χ3n) is 7.60. The molecule has 4 aromatic carbocycles. The molecular weight excluding hydrogens is 508 g/mol. The van der Waals surface area contributed by atoms with Crippen molar-refractivity contribution < 1.29 is 0 Å². The lowest BCUT2D eigenvalue weighted by Gasteiger charge is -2.35. The number of rotatable bonds is 10. The Balaban J connectivity index is 1.95. The normalized spacial score (nSPS) is 12.9. The fourth-order valence-electron chi connectivity index (χ4n) is 5.81. The Morgan fingerprint density at radius 3 is 1.90 bits per heavy atom. The third kappa shape index (κ3) is 5.32. The summed E-state index contributed by atoms with van der Waals surface area (Å²) < 4.78 is 0. The number of benzene rings is 4. The zero-order valence-electron chi connectivity index (χ0n) is 24.7. The van der Waals surface area contributed by atoms with Crippen LogP contribution in [0.25, 0.3) is 22.9 Å². The van der Waals surface area contributed by atoms with Gasteiger partial charge in [-0.25, -0.2) is 0 Å². The predicted octanol–water partition coefficient (Wildman–Crippen LogP) is 11.5. The molecule has 4 aromatic rings. The molecule has 2 heteroatoms. The highest BCUT2D eigenvalue weighted by Crippen LogP contribution is 2.49. The molecule has 0 saturated carbocycles. The first-order valence-corrected chi connectivity index (χ1v) is 14.4. The van der Waals surface area contributed by atoms with E-state index >= 15 is 0 Å². The summed E-state index contributed by atoms with van der Waals surface area (Å²) in [4.78, 5) is 4.64. The molecule has 0 fully saturated rings. The van der Waals surface area contributed by atoms with Gasteiger partial charge in [0, 0.05) is 44.7 Å². The SMILES string of the molecule is C=C/C=C(\C=C)N(c1cccc(C)c1)c1c(C=C)c(C=C)c(N(C2=CCCC=C2)c2cccc(C)c2)c2ccccc12. The van der Waals surface area contributed by atoms with Crippen molar-refractivity contribution in [1.82, 2.24) is 0 Å². The number of hydrogen-bond acceptors (Lipinski definition) is 2. The monoisotopic (exact) mass is 546 g/mol. The van der Waals surface area contributed by atoms with Crippen molar-refractivity contribution in [1.29, 1.82) is 0 Å². The van der Waals surface area contributed by atoms with Gasteiger partial charge >= 0.3 is 0 Å². The second-order valence-corrected chi connectivity index (χ2v) is 10.5. The van der Waals surface area contributed by atoms with E-state index in [0.717, 1.165) is 68.9 Å². The number of anilines is 4. The van der Waals surface area contributed by atoms with E-state index in [4.69, 9.17) is 0 Å². The quantitative estimate of drug-likeness (QED) is 0.183. The Bertz CT molecular complexity index is 1780. The first-order chi connectivity index (χ1) is 20.5. The molecule has 1 aliphatic carbocycles. The molecule has 0 heterocycles. The Morgan fingerprint density at radius 1 is 0.714 bits per heavy atom. The molecule has 0 bridgehead atoms. The molecule has 1 aliphatic rings. The lowest BCUT2D eigenvalue weighted by molar-refractivity contribution is 0.997. The average molecular weight is 547 g/mol. The fourth-order valence-corrected chi connectivity index (χ4v) is 5.81. The lowest BCUT2D eigenvalue weighted by atomic mass is 9.92. The molecule has 0 aromatic heterocycles. The summed E-state index contributed by atoms with van der Waals surface area (Å²) in [6, 6.07) is 25.8. The second-order valence-electron chi connectivity index (χ2n) is 10.5. The van der Waals surface area contributed by atoms with E-state index in [2.05, 4.69) is 141 Å². The zero-order chi connectivity index (χ0) is 29.6. The van der Waals surface area contributed by atoms with Crippen LogP contribution in [0.1, 0.15) is 35.1 Å². The average Bonchev–Trinajstić information content (AvgIpc) is 3.01. The van der Waals surface area contributed by atoms with Crippen molar-refractivity contribution in [2.24, 2.45) is 0 Å². The van der Waals surface area contributed by atoms with Gasteiger partial charge < -0.3 is 9.80 Å². The van der Waals surface area contributed by atoms with Crippen LogP contribution in [0.2, 0.25) is 0 Å². The van der Waals surface area contributed by atoms with Crippen LogP contribution in [-0.4, -0.2) is 0 Å². The summed E-state index contributed by atoms with van der Waals surface area (Å²) in [6.07, 6.45) is 18.5. The summed E-state index contributed by atoms with van der Waals surface area (Å²) in [5, 5.41) is 2.22. The fraction of sp³-hybridized carbons (Fsp3) is 0.100. The van der Waals surface area contributed by atoms with E-state index in [0.29, 0.717) is 0 Å². The molecule has 0 spiro atoms. The first-order valence-electron chi connectivity index (χ1n) is 14.4. The van der Waals surface area contributed by atoms with E-state index in [9.17, 15) is 0 Å². The maximum atomic E-state index is 4.35. The van der Waals surface area contributed by atoms with Crippen LogP contribution < -0.4 is 9.80 Å². The van der Waals surface area contributed by atoms with Gasteiger partial charge in [0.25, 0.3) is 0 Å². The molecule has 0 aliphatic heterocycles. The van der Waals surface area contributed by atoms with Gasteiger partial charge in [-0.1, -0.05) is 105 Å². The van der Waals surface area contributed by atoms with Gasteiger partial charge in [-0.3, -0.25) is 0 Å². The van der Waals surface area contributed by atoms with Crippen molar-refractivity contribution in [3.05, 3.63) is 169 Å². The molecule has 0 unspecified atom stereocenters. The molecule has 5 rings (SSSR count). The minimum atomic E-state index is 0.917. The Hall–Kier alpha value is -5.08. The van der Waals surface area contributed by atoms with Crippen LogP contribution in [0.3, 0.4) is 0 Å². The van der Waals surface area contributed by atoms with Gasteiger partial charge in [-0.05, 0) is 80.3 Å². The van der Waals surface area contributed by atoms with Gasteiger partial charge in [0.15, 0.2) is 0 Å². The van der Waals surface area contributed by atoms with Crippen LogP contribution >= 0.6 is 0 Å². The molecule has 42 heavy (non-hydrogen) atoms. The largest absolute Gasteiger partial charge is 0.310 e. The van der Waals surface area contributed by atoms with E-state index in [1.807, 2.05) is 24.3 Å². The summed E-state index contributed by atoms with van der Waals surface area (Å²) in [7, 11) is 0. The Kier molecular flexibility index (Phi) is 8.55. The Labute approximate surface area is 250 Å². The third-order valence-corrected chi connectivity index (χ3v) is 7.60. The number of fused-ring (bicyclic) bond motifs is 1. The standard InChI is InChI=1S/C40H38N2/c1-7-18-31(8-2)41(33-23-16-19-29(5)27-33)39-35(9-3)36(10-4)40(38-26-15-14-25-37(38)39)42(32-21-12-11-13-22-32)34-24-17-20-30(6)28-34/h7-10,12,14-28H,1-4,11,13H2,5-6H3/b31-18+. The van der Waals surface area contributed by atoms with Crippen molar-refractivity contribution in [2.75, 3.05) is 9.80 Å². The number of hydrogen-bond donors (Lipinski definition) is 0. The zero-order valence-corrected chi connectivity index (χ0v) is 24.7. The van der Waals surface area contributed by atoms with Crippen LogP contribution in [0.15, 0.2) is 147 Å². The maximum absolute atomic E-state index is 4.35. The minimum absolute atomic E-state index is 0.917. The summed E-state index contributed by atoms with van der Waals surface area (Å²) in [6.45, 7) is 21.1. The van der Waals surface area contributed by atoms with Crippen LogP contribution in [0, 0.1) is 13.8 Å². The molecule has 0 saturated heterocycles. The smallest absolute Gasteiger partial charge is 0.0619 e. The highest BCUT2D eigenvalue weighted by Gasteiger charge is 2.27. The molecule has 208 valence electrons. The highest BCUT2D eigenvalue weighted by atomic mass is 15.2. The van der Waals surface area contributed by atoms with E-state index in [-0.39, 0.29) is 0 Å². The van der Waals surface area contributed by atoms with Gasteiger partial charge in [0.05, 0.1) is 11.4 Å². The van der Waals surface area contributed by atoms with E-state index in [1.165, 1.54) is 11.1 Å². The summed E-state index contributed by atoms with van der Waals surface area (Å²) in [5.74, 6) is 0. The number of nitrogens with zero attached hydrogens (tertiary/aromatic N) is 2. The van der Waals surface area contributed by atoms with Crippen molar-refractivity contribution in [3.63, 3.8) is 0 Å². The van der Waals surface area contributed by atoms with Gasteiger partial charge in [-0.15, -0.1) is 0 Å². The van der Waals surface area contributed by atoms with Crippen molar-refractivity contribution >= 4 is 45.7 Å². The van der Waals surface area contributed by atoms with E-state index in [1.54, 1.807) is 6.08 Å². The maximum Gasteiger partial charge on any atom is 0.0619 e. The first kappa shape index (κ1) is 28.4. The topological polar surface area (TPSA) is 6.48 Å². The van der Waals surface area contributed by atoms with Crippen LogP contribution in [-0.2, 0) is 0 Å². The van der Waals surface area contributed by atoms with Gasteiger partial charge in [0.1, 0.15) is 0 Å². The van der Waals surface area contributed by atoms with Gasteiger partial charge in [-0.2, -0.15) is 0 Å². The number of aryl methyl sites for hydroxylation is 2. The predicted molar refractivity (Wildman–Crippen MR) is 186 cm³/mol. The lowest BCUT2D eigenvalue weighted by Crippen LogP contribution is -2.21. The van der Waals surface area contributed by atoms with E-state index < -0.39 is 0 Å². The second kappa shape index (κ2) is 12.6. The van der Waals surface area contributed by atoms with Crippen LogP contribution in [0.5, 0.6) is 0 Å². The van der Waals surface area contributed by atoms with Crippen molar-refractivity contribution in [3.8, 4) is 0 Å². The van der Waals surface area contributed by atoms with Crippen molar-refractivity contribution in [2.45, 2.75) is 26.7 Å². The molecule has 0 radical (unpaired) electrons. The van der Waals surface area contributed by atoms with Crippen LogP contribution in [0.4, 0.5) is 22.7 Å². The summed E-state index contributed by atoms with van der Waals surface area (Å²) >= 11 is 0. The molecule has 0 amide bonds. The molecule has 0 atom stereocenters. The number of allylic oxidation sites excluding steroid dienone is 6. The highest BCUT2D eigenvalue weighted by molar-refractivity contribution is 6.12. The molecule has 2 nitrogen and oxygen atoms in total. The van der Waals surface area contributed by atoms with Gasteiger partial charge in [0.2, 0.25) is 0 Å². The minimum Gasteiger partial charge on any atom is -0.310 e. The summed E-state index contributed by atoms with van der Waals surface area (Å²) in [5.41, 5.74) is 10.7.